The second kappa shape index (κ2) is 9.74. The maximum atomic E-state index is 12.6. The maximum absolute atomic E-state index is 12.6. The molecule has 0 bridgehead atoms. The number of Topliss-reactive ketones (excluding diaryl/α,β-unsaturated/α-hetero) is 1. The van der Waals surface area contributed by atoms with Crippen molar-refractivity contribution in [3.05, 3.63) is 72.8 Å². The van der Waals surface area contributed by atoms with Crippen LogP contribution < -0.4 is 0 Å². The first-order chi connectivity index (χ1) is 12.1. The van der Waals surface area contributed by atoms with Crippen LogP contribution >= 0.6 is 10.5 Å². The topological polar surface area (TPSA) is 43.4 Å². The molecule has 3 nitrogen and oxygen atoms in total. The Hall–Kier alpha value is -2.46. The highest BCUT2D eigenvalue weighted by molar-refractivity contribution is 8.18. The van der Waals surface area contributed by atoms with E-state index in [1.165, 1.54) is 6.92 Å². The third-order valence-electron chi connectivity index (χ3n) is 3.38. The molecule has 2 rings (SSSR count). The Bertz CT molecular complexity index is 736. The van der Waals surface area contributed by atoms with Gasteiger partial charge in [-0.1, -0.05) is 55.5 Å². The molecule has 0 saturated heterocycles. The molecule has 0 aliphatic rings. The van der Waals surface area contributed by atoms with Crippen molar-refractivity contribution in [2.24, 2.45) is 0 Å². The zero-order chi connectivity index (χ0) is 18.1. The molecule has 0 aromatic heterocycles. The molecule has 25 heavy (non-hydrogen) atoms. The fourth-order valence-electron chi connectivity index (χ4n) is 2.28. The lowest BCUT2D eigenvalue weighted by molar-refractivity contribution is -0.134. The summed E-state index contributed by atoms with van der Waals surface area (Å²) < 4.78 is 5.31. The van der Waals surface area contributed by atoms with E-state index in [0.717, 1.165) is 16.2 Å². The zero-order valence-corrected chi connectivity index (χ0v) is 15.3. The number of hydrogen-bond acceptors (Lipinski definition) is 3. The first-order valence-corrected chi connectivity index (χ1v) is 9.42. The van der Waals surface area contributed by atoms with Crippen LogP contribution in [0.25, 0.3) is 0 Å². The smallest absolute Gasteiger partial charge is 0.348 e. The van der Waals surface area contributed by atoms with E-state index < -0.39 is 16.5 Å². The molecule has 4 heteroatoms. The van der Waals surface area contributed by atoms with Crippen LogP contribution in [-0.4, -0.2) is 23.2 Å². The molecule has 0 spiro atoms. The molecule has 0 aliphatic carbocycles. The summed E-state index contributed by atoms with van der Waals surface area (Å²) in [5.41, 5.74) is 0. The summed E-state index contributed by atoms with van der Waals surface area (Å²) in [5.74, 6) is -0.815. The summed E-state index contributed by atoms with van der Waals surface area (Å²) in [6, 6.07) is 19.2. The van der Waals surface area contributed by atoms with E-state index in [0.29, 0.717) is 0 Å². The van der Waals surface area contributed by atoms with E-state index in [1.54, 1.807) is 6.08 Å². The Labute approximate surface area is 151 Å². The van der Waals surface area contributed by atoms with Crippen LogP contribution in [0.5, 0.6) is 0 Å². The van der Waals surface area contributed by atoms with Crippen molar-refractivity contribution in [3.63, 3.8) is 0 Å². The Kier molecular flexibility index (Phi) is 7.36. The maximum Gasteiger partial charge on any atom is 0.348 e. The van der Waals surface area contributed by atoms with Crippen molar-refractivity contribution in [2.75, 3.05) is 6.61 Å². The van der Waals surface area contributed by atoms with Gasteiger partial charge in [-0.3, -0.25) is 4.79 Å². The minimum absolute atomic E-state index is 0.171. The number of allylic oxidation sites excluding steroid dienone is 1. The molecular weight excluding hydrogens is 332 g/mol. The molecule has 0 radical (unpaired) electrons. The molecule has 0 atom stereocenters. The number of carbonyl (C=O) groups is 2. The van der Waals surface area contributed by atoms with Crippen LogP contribution in [0.1, 0.15) is 20.3 Å². The van der Waals surface area contributed by atoms with Gasteiger partial charge in [0.25, 0.3) is 0 Å². The monoisotopic (exact) mass is 354 g/mol. The zero-order valence-electron chi connectivity index (χ0n) is 14.5. The molecule has 0 aliphatic heterocycles. The second-order valence-corrected chi connectivity index (χ2v) is 7.26. The van der Waals surface area contributed by atoms with Gasteiger partial charge in [0.05, 0.1) is 0 Å². The van der Waals surface area contributed by atoms with Crippen molar-refractivity contribution in [1.29, 1.82) is 0 Å². The van der Waals surface area contributed by atoms with E-state index in [9.17, 15) is 9.59 Å². The van der Waals surface area contributed by atoms with Crippen molar-refractivity contribution < 1.29 is 14.3 Å². The molecule has 2 aromatic rings. The molecule has 0 unspecified atom stereocenters. The summed E-state index contributed by atoms with van der Waals surface area (Å²) in [4.78, 5) is 27.0. The van der Waals surface area contributed by atoms with Crippen LogP contribution in [0.15, 0.2) is 82.6 Å². The van der Waals surface area contributed by atoms with E-state index in [1.807, 2.05) is 73.7 Å². The van der Waals surface area contributed by atoms with Crippen molar-refractivity contribution >= 4 is 27.1 Å². The molecule has 130 valence electrons. The second-order valence-electron chi connectivity index (χ2n) is 5.30. The highest BCUT2D eigenvalue weighted by atomic mass is 32.2. The van der Waals surface area contributed by atoms with Crippen LogP contribution in [0.3, 0.4) is 0 Å². The van der Waals surface area contributed by atoms with Crippen molar-refractivity contribution in [1.82, 2.24) is 0 Å². The summed E-state index contributed by atoms with van der Waals surface area (Å²) in [7, 11) is -0.788. The number of hydrogen-bond donors (Lipinski definition) is 0. The van der Waals surface area contributed by atoms with E-state index in [4.69, 9.17) is 4.74 Å². The Morgan fingerprint density at radius 3 is 1.88 bits per heavy atom. The number of rotatable bonds is 7. The van der Waals surface area contributed by atoms with Gasteiger partial charge in [0.15, 0.2) is 5.78 Å². The van der Waals surface area contributed by atoms with Crippen LogP contribution in [0.4, 0.5) is 0 Å². The molecule has 0 heterocycles. The fourth-order valence-corrected chi connectivity index (χ4v) is 4.40. The fraction of sp³-hybridized carbons (Fsp3) is 0.190. The predicted octanol–water partition coefficient (Wildman–Crippen LogP) is 4.64. The van der Waals surface area contributed by atoms with E-state index >= 15 is 0 Å². The minimum Gasteiger partial charge on any atom is -0.457 e. The highest BCUT2D eigenvalue weighted by Crippen LogP contribution is 2.37. The number of benzene rings is 2. The average molecular weight is 354 g/mol. The molecule has 0 N–H and O–H groups in total. The third kappa shape index (κ3) is 5.26. The normalized spacial score (nSPS) is 10.8. The van der Waals surface area contributed by atoms with Gasteiger partial charge in [-0.2, -0.15) is 0 Å². The number of ketones is 1. The number of ether oxygens (including phenoxy) is 1. The SMILES string of the molecule is CC/C=C/COC(=O)C(C(C)=O)=S(c1ccccc1)c1ccccc1. The van der Waals surface area contributed by atoms with Crippen LogP contribution in [0, 0.1) is 0 Å². The largest absolute Gasteiger partial charge is 0.457 e. The van der Waals surface area contributed by atoms with E-state index in [2.05, 4.69) is 0 Å². The lowest BCUT2D eigenvalue weighted by Gasteiger charge is -2.15. The molecule has 0 amide bonds. The van der Waals surface area contributed by atoms with Crippen molar-refractivity contribution in [2.45, 2.75) is 30.1 Å². The summed E-state index contributed by atoms with van der Waals surface area (Å²) >= 11 is 0. The van der Waals surface area contributed by atoms with Gasteiger partial charge in [-0.05, 0) is 37.6 Å². The lowest BCUT2D eigenvalue weighted by Crippen LogP contribution is -2.25. The Morgan fingerprint density at radius 2 is 1.44 bits per heavy atom. The lowest BCUT2D eigenvalue weighted by atomic mass is 10.3. The van der Waals surface area contributed by atoms with Gasteiger partial charge in [-0.15, -0.1) is 10.5 Å². The first-order valence-electron chi connectivity index (χ1n) is 8.19. The predicted molar refractivity (Wildman–Crippen MR) is 103 cm³/mol. The van der Waals surface area contributed by atoms with E-state index in [-0.39, 0.29) is 17.3 Å². The van der Waals surface area contributed by atoms with Gasteiger partial charge in [0.2, 0.25) is 0 Å². The first kappa shape index (κ1) is 18.9. The molecular formula is C21H22O3S. The molecule has 2 aromatic carbocycles. The van der Waals surface area contributed by atoms with Crippen LogP contribution in [-0.2, 0) is 14.3 Å². The molecule has 0 fully saturated rings. The summed E-state index contributed by atoms with van der Waals surface area (Å²) in [6.45, 7) is 3.60. The number of carbonyl (C=O) groups excluding carboxylic acids is 2. The van der Waals surface area contributed by atoms with Gasteiger partial charge in [0.1, 0.15) is 11.5 Å². The quantitative estimate of drug-likeness (QED) is 0.315. The standard InChI is InChI=1S/C21H22O3S/c1-3-4-11-16-24-21(23)20(17(2)22)25(18-12-7-5-8-13-18)19-14-9-6-10-15-19/h4-15H,3,16H2,1-2H3/b11-4+. The van der Waals surface area contributed by atoms with Gasteiger partial charge in [0, 0.05) is 9.79 Å². The van der Waals surface area contributed by atoms with Gasteiger partial charge >= 0.3 is 5.97 Å². The molecule has 0 saturated carbocycles. The minimum atomic E-state index is -0.788. The third-order valence-corrected chi connectivity index (χ3v) is 5.73. The van der Waals surface area contributed by atoms with Gasteiger partial charge < -0.3 is 4.74 Å². The Morgan fingerprint density at radius 1 is 0.920 bits per heavy atom. The van der Waals surface area contributed by atoms with Crippen molar-refractivity contribution in [3.8, 4) is 0 Å². The van der Waals surface area contributed by atoms with Gasteiger partial charge in [-0.25, -0.2) is 4.79 Å². The summed E-state index contributed by atoms with van der Waals surface area (Å²) in [5, 5.41) is 0. The van der Waals surface area contributed by atoms with Crippen LogP contribution in [0.2, 0.25) is 0 Å². The highest BCUT2D eigenvalue weighted by Gasteiger charge is 2.23. The number of esters is 1. The Balaban J connectivity index is 2.53. The summed E-state index contributed by atoms with van der Waals surface area (Å²) in [6.07, 6.45) is 4.59. The average Bonchev–Trinajstić information content (AvgIpc) is 2.64.